The second-order valence-corrected chi connectivity index (χ2v) is 9.38. The van der Waals surface area contributed by atoms with Gasteiger partial charge < -0.3 is 19.3 Å². The Morgan fingerprint density at radius 1 is 1.03 bits per heavy atom. The van der Waals surface area contributed by atoms with Crippen molar-refractivity contribution in [1.29, 1.82) is 0 Å². The molecule has 1 fully saturated rings. The molecule has 2 aliphatic rings. The highest BCUT2D eigenvalue weighted by Crippen LogP contribution is 2.37. The van der Waals surface area contributed by atoms with Crippen LogP contribution in [0.25, 0.3) is 0 Å². The summed E-state index contributed by atoms with van der Waals surface area (Å²) < 4.78 is 26.2. The molecule has 5 heteroatoms. The van der Waals surface area contributed by atoms with Crippen LogP contribution in [-0.2, 0) is 6.54 Å². The quantitative estimate of drug-likeness (QED) is 0.655. The van der Waals surface area contributed by atoms with Crippen LogP contribution in [0.15, 0.2) is 36.4 Å². The molecule has 4 rings (SSSR count). The molecule has 0 amide bonds. The van der Waals surface area contributed by atoms with Crippen molar-refractivity contribution in [2.45, 2.75) is 45.2 Å². The van der Waals surface area contributed by atoms with Gasteiger partial charge in [-0.3, -0.25) is 0 Å². The Kier molecular flexibility index (Phi) is 6.83. The minimum Gasteiger partial charge on any atom is -0.497 e. The highest BCUT2D eigenvalue weighted by atomic mass is 19.1. The predicted molar refractivity (Wildman–Crippen MR) is 122 cm³/mol. The zero-order valence-electron chi connectivity index (χ0n) is 19.2. The van der Waals surface area contributed by atoms with Crippen molar-refractivity contribution < 1.29 is 13.9 Å². The van der Waals surface area contributed by atoms with Crippen molar-refractivity contribution in [2.24, 2.45) is 5.92 Å². The van der Waals surface area contributed by atoms with Gasteiger partial charge in [0, 0.05) is 31.1 Å². The Balaban J connectivity index is 1.46. The minimum absolute atomic E-state index is 0.00840. The number of nitrogens with zero attached hydrogens (tertiary/aromatic N) is 2. The van der Waals surface area contributed by atoms with Gasteiger partial charge in [0.05, 0.1) is 13.7 Å². The maximum absolute atomic E-state index is 14.8. The van der Waals surface area contributed by atoms with Gasteiger partial charge in [0.15, 0.2) is 0 Å². The van der Waals surface area contributed by atoms with Crippen LogP contribution in [0, 0.1) is 11.7 Å². The van der Waals surface area contributed by atoms with E-state index in [4.69, 9.17) is 9.47 Å². The number of piperidine rings is 1. The molecule has 1 saturated heterocycles. The Labute approximate surface area is 185 Å². The number of hydrogen-bond acceptors (Lipinski definition) is 4. The van der Waals surface area contributed by atoms with Gasteiger partial charge in [-0.25, -0.2) is 4.39 Å². The molecule has 31 heavy (non-hydrogen) atoms. The fourth-order valence-electron chi connectivity index (χ4n) is 4.95. The summed E-state index contributed by atoms with van der Waals surface area (Å²) in [6.07, 6.45) is 2.40. The SMILES string of the molecule is COc1ccc(C2CN(C)Cc3cc(OCC4CCN(C(C)C)CC4)ccc32)c(F)c1. The fourth-order valence-corrected chi connectivity index (χ4v) is 4.95. The number of likely N-dealkylation sites (N-methyl/N-ethyl adjacent to an activating group) is 1. The third-order valence-electron chi connectivity index (χ3n) is 6.87. The standard InChI is InChI=1S/C26H35FN2O2/c1-18(2)29-11-9-19(10-12-29)17-31-22-6-7-23-20(13-22)15-28(3)16-25(23)24-8-5-21(30-4)14-26(24)27/h5-8,13-14,18-19,25H,9-12,15-17H2,1-4H3. The van der Waals surface area contributed by atoms with Gasteiger partial charge in [-0.05, 0) is 87.6 Å². The molecule has 0 radical (unpaired) electrons. The van der Waals surface area contributed by atoms with Crippen LogP contribution in [0.5, 0.6) is 11.5 Å². The van der Waals surface area contributed by atoms with Crippen molar-refractivity contribution in [3.8, 4) is 11.5 Å². The molecular formula is C26H35FN2O2. The number of methoxy groups -OCH3 is 1. The van der Waals surface area contributed by atoms with Crippen molar-refractivity contribution in [2.75, 3.05) is 40.4 Å². The largest absolute Gasteiger partial charge is 0.497 e. The number of likely N-dealkylation sites (tertiary alicyclic amines) is 1. The smallest absolute Gasteiger partial charge is 0.130 e. The van der Waals surface area contributed by atoms with Crippen LogP contribution in [-0.4, -0.2) is 56.2 Å². The number of rotatable bonds is 6. The van der Waals surface area contributed by atoms with E-state index in [1.54, 1.807) is 7.11 Å². The molecule has 1 atom stereocenters. The van der Waals surface area contributed by atoms with E-state index in [2.05, 4.69) is 48.9 Å². The van der Waals surface area contributed by atoms with Crippen molar-refractivity contribution >= 4 is 0 Å². The maximum atomic E-state index is 14.8. The second kappa shape index (κ2) is 9.58. The summed E-state index contributed by atoms with van der Waals surface area (Å²) in [6, 6.07) is 12.1. The fraction of sp³-hybridized carbons (Fsp3) is 0.538. The average Bonchev–Trinajstić information content (AvgIpc) is 2.77. The Morgan fingerprint density at radius 3 is 2.42 bits per heavy atom. The van der Waals surface area contributed by atoms with Crippen LogP contribution in [0.3, 0.4) is 0 Å². The summed E-state index contributed by atoms with van der Waals surface area (Å²) in [5, 5.41) is 0. The van der Waals surface area contributed by atoms with Crippen LogP contribution < -0.4 is 9.47 Å². The molecule has 2 heterocycles. The maximum Gasteiger partial charge on any atom is 0.130 e. The molecule has 0 saturated carbocycles. The third kappa shape index (κ3) is 5.04. The van der Waals surface area contributed by atoms with Gasteiger partial charge in [-0.1, -0.05) is 12.1 Å². The van der Waals surface area contributed by atoms with Crippen molar-refractivity contribution in [3.63, 3.8) is 0 Å². The molecule has 0 aromatic heterocycles. The van der Waals surface area contributed by atoms with Crippen LogP contribution >= 0.6 is 0 Å². The van der Waals surface area contributed by atoms with Crippen molar-refractivity contribution in [3.05, 3.63) is 58.9 Å². The van der Waals surface area contributed by atoms with Gasteiger partial charge >= 0.3 is 0 Å². The van der Waals surface area contributed by atoms with Crippen LogP contribution in [0.4, 0.5) is 4.39 Å². The van der Waals surface area contributed by atoms with E-state index in [-0.39, 0.29) is 11.7 Å². The van der Waals surface area contributed by atoms with Gasteiger partial charge in [0.1, 0.15) is 17.3 Å². The zero-order chi connectivity index (χ0) is 22.0. The van der Waals surface area contributed by atoms with E-state index in [1.165, 1.54) is 30.0 Å². The molecule has 2 aliphatic heterocycles. The molecule has 0 bridgehead atoms. The van der Waals surface area contributed by atoms with E-state index in [0.717, 1.165) is 44.1 Å². The molecular weight excluding hydrogens is 391 g/mol. The molecule has 2 aromatic carbocycles. The summed E-state index contributed by atoms with van der Waals surface area (Å²) >= 11 is 0. The molecule has 4 nitrogen and oxygen atoms in total. The van der Waals surface area contributed by atoms with Gasteiger partial charge in [0.2, 0.25) is 0 Å². The van der Waals surface area contributed by atoms with E-state index >= 15 is 0 Å². The summed E-state index contributed by atoms with van der Waals surface area (Å²) in [5.74, 6) is 1.89. The number of fused-ring (bicyclic) bond motifs is 1. The highest BCUT2D eigenvalue weighted by molar-refractivity contribution is 5.45. The molecule has 1 unspecified atom stereocenters. The first-order valence-electron chi connectivity index (χ1n) is 11.5. The minimum atomic E-state index is -0.210. The molecule has 2 aromatic rings. The molecule has 168 valence electrons. The van der Waals surface area contributed by atoms with E-state index in [9.17, 15) is 4.39 Å². The lowest BCUT2D eigenvalue weighted by atomic mass is 9.84. The number of benzene rings is 2. The first-order chi connectivity index (χ1) is 14.9. The topological polar surface area (TPSA) is 24.9 Å². The van der Waals surface area contributed by atoms with Crippen LogP contribution in [0.2, 0.25) is 0 Å². The third-order valence-corrected chi connectivity index (χ3v) is 6.87. The Hall–Kier alpha value is -2.11. The number of hydrogen-bond donors (Lipinski definition) is 0. The highest BCUT2D eigenvalue weighted by Gasteiger charge is 2.28. The second-order valence-electron chi connectivity index (χ2n) is 9.38. The number of halogens is 1. The normalized spacial score (nSPS) is 20.6. The summed E-state index contributed by atoms with van der Waals surface area (Å²) in [7, 11) is 3.65. The van der Waals surface area contributed by atoms with Gasteiger partial charge in [-0.15, -0.1) is 0 Å². The molecule has 0 spiro atoms. The van der Waals surface area contributed by atoms with Gasteiger partial charge in [-0.2, -0.15) is 0 Å². The first-order valence-corrected chi connectivity index (χ1v) is 11.5. The Bertz CT molecular complexity index is 893. The lowest BCUT2D eigenvalue weighted by Crippen LogP contribution is -2.39. The van der Waals surface area contributed by atoms with E-state index < -0.39 is 0 Å². The number of ether oxygens (including phenoxy) is 2. The van der Waals surface area contributed by atoms with E-state index in [0.29, 0.717) is 17.7 Å². The monoisotopic (exact) mass is 426 g/mol. The lowest BCUT2D eigenvalue weighted by molar-refractivity contribution is 0.119. The zero-order valence-corrected chi connectivity index (χ0v) is 19.2. The van der Waals surface area contributed by atoms with E-state index in [1.807, 2.05) is 12.1 Å². The summed E-state index contributed by atoms with van der Waals surface area (Å²) in [5.41, 5.74) is 3.14. The first kappa shape index (κ1) is 22.1. The van der Waals surface area contributed by atoms with Gasteiger partial charge in [0.25, 0.3) is 0 Å². The molecule has 0 N–H and O–H groups in total. The predicted octanol–water partition coefficient (Wildman–Crippen LogP) is 4.91. The summed E-state index contributed by atoms with van der Waals surface area (Å²) in [4.78, 5) is 4.80. The lowest BCUT2D eigenvalue weighted by Gasteiger charge is -2.35. The Morgan fingerprint density at radius 2 is 1.74 bits per heavy atom. The van der Waals surface area contributed by atoms with Crippen LogP contribution in [0.1, 0.15) is 49.3 Å². The summed E-state index contributed by atoms with van der Waals surface area (Å²) in [6.45, 7) is 9.29. The average molecular weight is 427 g/mol. The molecule has 0 aliphatic carbocycles. The van der Waals surface area contributed by atoms with Crippen molar-refractivity contribution in [1.82, 2.24) is 9.80 Å².